The number of aromatic nitrogens is 2. The van der Waals surface area contributed by atoms with Gasteiger partial charge in [-0.3, -0.25) is 4.79 Å². The molecule has 0 N–H and O–H groups in total. The van der Waals surface area contributed by atoms with Crippen LogP contribution in [0.3, 0.4) is 0 Å². The summed E-state index contributed by atoms with van der Waals surface area (Å²) >= 11 is 1.40. The number of aryl methyl sites for hydroxylation is 1. The Morgan fingerprint density at radius 1 is 1.29 bits per heavy atom. The topological polar surface area (TPSA) is 44.1 Å². The van der Waals surface area contributed by atoms with Gasteiger partial charge in [-0.1, -0.05) is 30.0 Å². The van der Waals surface area contributed by atoms with Crippen LogP contribution in [-0.4, -0.2) is 16.9 Å². The second-order valence-electron chi connectivity index (χ2n) is 3.39. The molecule has 17 heavy (non-hydrogen) atoms. The third-order valence-corrected chi connectivity index (χ3v) is 3.21. The van der Waals surface area contributed by atoms with E-state index in [0.29, 0.717) is 10.8 Å². The fraction of sp³-hybridized carbons (Fsp3) is 0.167. The highest BCUT2D eigenvalue weighted by atomic mass is 32.2. The number of rotatable bonds is 3. The minimum Gasteiger partial charge on any atom is -0.480 e. The Morgan fingerprint density at radius 2 is 2.00 bits per heavy atom. The Balaban J connectivity index is 2.39. The van der Waals surface area contributed by atoms with Gasteiger partial charge in [0, 0.05) is 18.0 Å². The maximum absolute atomic E-state index is 11.9. The van der Waals surface area contributed by atoms with Crippen LogP contribution in [0.25, 0.3) is 0 Å². The van der Waals surface area contributed by atoms with E-state index in [4.69, 9.17) is 4.74 Å². The molecule has 2 aromatic rings. The Hall–Kier alpha value is -1.75. The summed E-state index contributed by atoms with van der Waals surface area (Å²) in [5.74, 6) is 0.436. The summed E-state index contributed by atoms with van der Waals surface area (Å²) in [6.07, 6.45) is 0. The van der Waals surface area contributed by atoms with Crippen molar-refractivity contribution in [3.8, 4) is 5.88 Å². The summed E-state index contributed by atoms with van der Waals surface area (Å²) < 4.78 is 6.33. The molecule has 0 saturated carbocycles. The van der Waals surface area contributed by atoms with Crippen LogP contribution >= 0.6 is 11.8 Å². The lowest BCUT2D eigenvalue weighted by molar-refractivity contribution is 0.379. The normalized spacial score (nSPS) is 10.2. The molecule has 0 unspecified atom stereocenters. The van der Waals surface area contributed by atoms with Crippen molar-refractivity contribution in [3.63, 3.8) is 0 Å². The quantitative estimate of drug-likeness (QED) is 0.832. The molecular formula is C12H12N2O2S. The van der Waals surface area contributed by atoms with Gasteiger partial charge in [0.25, 0.3) is 5.56 Å². The largest absolute Gasteiger partial charge is 0.480 e. The van der Waals surface area contributed by atoms with Crippen LogP contribution in [0, 0.1) is 0 Å². The fourth-order valence-electron chi connectivity index (χ4n) is 1.34. The van der Waals surface area contributed by atoms with Crippen LogP contribution in [-0.2, 0) is 7.05 Å². The van der Waals surface area contributed by atoms with Crippen molar-refractivity contribution in [2.45, 2.75) is 9.79 Å². The average molecular weight is 248 g/mol. The van der Waals surface area contributed by atoms with E-state index < -0.39 is 0 Å². The van der Waals surface area contributed by atoms with E-state index in [1.165, 1.54) is 23.6 Å². The summed E-state index contributed by atoms with van der Waals surface area (Å²) in [6.45, 7) is 0. The zero-order valence-electron chi connectivity index (χ0n) is 9.58. The van der Waals surface area contributed by atoms with Crippen molar-refractivity contribution in [2.24, 2.45) is 7.05 Å². The summed E-state index contributed by atoms with van der Waals surface area (Å²) in [6, 6.07) is 11.4. The van der Waals surface area contributed by atoms with Crippen LogP contribution < -0.4 is 10.3 Å². The summed E-state index contributed by atoms with van der Waals surface area (Å²) in [5.41, 5.74) is -0.125. The lowest BCUT2D eigenvalue weighted by Gasteiger charge is -2.05. The first-order chi connectivity index (χ1) is 8.20. The molecule has 0 spiro atoms. The lowest BCUT2D eigenvalue weighted by atomic mass is 10.4. The predicted octanol–water partition coefficient (Wildman–Crippen LogP) is 1.94. The van der Waals surface area contributed by atoms with Crippen molar-refractivity contribution in [1.82, 2.24) is 9.78 Å². The van der Waals surface area contributed by atoms with Gasteiger partial charge in [0.1, 0.15) is 0 Å². The molecule has 0 aliphatic carbocycles. The molecule has 0 radical (unpaired) electrons. The lowest BCUT2D eigenvalue weighted by Crippen LogP contribution is -2.21. The minimum atomic E-state index is -0.125. The molecule has 88 valence electrons. The summed E-state index contributed by atoms with van der Waals surface area (Å²) in [5, 5.41) is 3.96. The maximum atomic E-state index is 11.9. The van der Waals surface area contributed by atoms with E-state index in [2.05, 4.69) is 5.10 Å². The van der Waals surface area contributed by atoms with E-state index in [1.807, 2.05) is 30.3 Å². The molecule has 0 amide bonds. The van der Waals surface area contributed by atoms with Crippen LogP contribution in [0.15, 0.2) is 51.0 Å². The van der Waals surface area contributed by atoms with E-state index >= 15 is 0 Å². The van der Waals surface area contributed by atoms with E-state index in [9.17, 15) is 4.79 Å². The Labute approximate surface area is 103 Å². The zero-order valence-corrected chi connectivity index (χ0v) is 10.4. The van der Waals surface area contributed by atoms with Gasteiger partial charge in [0.15, 0.2) is 0 Å². The molecule has 0 saturated heterocycles. The number of ether oxygens (including phenoxy) is 1. The first-order valence-electron chi connectivity index (χ1n) is 5.06. The highest BCUT2D eigenvalue weighted by Crippen LogP contribution is 2.25. The van der Waals surface area contributed by atoms with Gasteiger partial charge in [-0.25, -0.2) is 4.68 Å². The van der Waals surface area contributed by atoms with Gasteiger partial charge < -0.3 is 4.74 Å². The third-order valence-electron chi connectivity index (χ3n) is 2.19. The molecule has 0 bridgehead atoms. The molecule has 0 atom stereocenters. The number of hydrogen-bond donors (Lipinski definition) is 0. The first kappa shape index (κ1) is 11.7. The first-order valence-corrected chi connectivity index (χ1v) is 5.87. The molecule has 0 fully saturated rings. The SMILES string of the molecule is COc1cc(Sc2ccccc2)c(=O)n(C)n1. The number of nitrogens with zero attached hydrogens (tertiary/aromatic N) is 2. The summed E-state index contributed by atoms with van der Waals surface area (Å²) in [4.78, 5) is 13.5. The van der Waals surface area contributed by atoms with Crippen molar-refractivity contribution < 1.29 is 4.74 Å². The van der Waals surface area contributed by atoms with Crippen LogP contribution in [0.1, 0.15) is 0 Å². The number of hydrogen-bond acceptors (Lipinski definition) is 4. The van der Waals surface area contributed by atoms with E-state index in [0.717, 1.165) is 4.90 Å². The minimum absolute atomic E-state index is 0.125. The molecule has 0 aliphatic heterocycles. The number of methoxy groups -OCH3 is 1. The van der Waals surface area contributed by atoms with Gasteiger partial charge >= 0.3 is 0 Å². The molecule has 1 aromatic carbocycles. The van der Waals surface area contributed by atoms with E-state index in [-0.39, 0.29) is 5.56 Å². The zero-order chi connectivity index (χ0) is 12.3. The molecule has 0 aliphatic rings. The molecular weight excluding hydrogens is 236 g/mol. The van der Waals surface area contributed by atoms with E-state index in [1.54, 1.807) is 13.1 Å². The molecule has 2 rings (SSSR count). The number of benzene rings is 1. The molecule has 1 heterocycles. The Bertz CT molecular complexity index is 566. The van der Waals surface area contributed by atoms with Crippen molar-refractivity contribution in [2.75, 3.05) is 7.11 Å². The van der Waals surface area contributed by atoms with Crippen LogP contribution in [0.2, 0.25) is 0 Å². The van der Waals surface area contributed by atoms with Gasteiger partial charge in [-0.05, 0) is 12.1 Å². The molecule has 4 nitrogen and oxygen atoms in total. The van der Waals surface area contributed by atoms with Gasteiger partial charge in [-0.15, -0.1) is 5.10 Å². The monoisotopic (exact) mass is 248 g/mol. The molecule has 1 aromatic heterocycles. The average Bonchev–Trinajstić information content (AvgIpc) is 2.36. The van der Waals surface area contributed by atoms with Gasteiger partial charge in [0.05, 0.1) is 12.0 Å². The van der Waals surface area contributed by atoms with Crippen molar-refractivity contribution in [3.05, 3.63) is 46.8 Å². The van der Waals surface area contributed by atoms with Gasteiger partial charge in [0.2, 0.25) is 5.88 Å². The Kier molecular flexibility index (Phi) is 3.49. The highest BCUT2D eigenvalue weighted by Gasteiger charge is 2.07. The smallest absolute Gasteiger partial charge is 0.280 e. The fourth-order valence-corrected chi connectivity index (χ4v) is 2.27. The summed E-state index contributed by atoms with van der Waals surface area (Å²) in [7, 11) is 3.14. The van der Waals surface area contributed by atoms with Crippen molar-refractivity contribution >= 4 is 11.8 Å². The second kappa shape index (κ2) is 5.05. The standard InChI is InChI=1S/C12H12N2O2S/c1-14-12(15)10(8-11(13-14)16-2)17-9-6-4-3-5-7-9/h3-8H,1-2H3. The second-order valence-corrected chi connectivity index (χ2v) is 4.51. The third kappa shape index (κ3) is 2.68. The van der Waals surface area contributed by atoms with Gasteiger partial charge in [-0.2, -0.15) is 0 Å². The van der Waals surface area contributed by atoms with Crippen molar-refractivity contribution in [1.29, 1.82) is 0 Å². The van der Waals surface area contributed by atoms with Crippen LogP contribution in [0.4, 0.5) is 0 Å². The van der Waals surface area contributed by atoms with Crippen LogP contribution in [0.5, 0.6) is 5.88 Å². The maximum Gasteiger partial charge on any atom is 0.280 e. The molecule has 5 heteroatoms. The highest BCUT2D eigenvalue weighted by molar-refractivity contribution is 7.99. The predicted molar refractivity (Wildman–Crippen MR) is 66.6 cm³/mol. The Morgan fingerprint density at radius 3 is 2.65 bits per heavy atom.